The van der Waals surface area contributed by atoms with Gasteiger partial charge < -0.3 is 4.90 Å². The minimum absolute atomic E-state index is 0.143. The summed E-state index contributed by atoms with van der Waals surface area (Å²) in [6.45, 7) is 2.03. The molecule has 21 heavy (non-hydrogen) atoms. The van der Waals surface area contributed by atoms with Crippen molar-refractivity contribution in [2.24, 2.45) is 0 Å². The smallest absolute Gasteiger partial charge is 0.241 e. The molecule has 0 N–H and O–H groups in total. The Morgan fingerprint density at radius 2 is 1.95 bits per heavy atom. The Balaban J connectivity index is 2.05. The molecule has 7 heteroatoms. The number of hydrogen-bond acceptors (Lipinski definition) is 5. The van der Waals surface area contributed by atoms with Crippen LogP contribution >= 0.6 is 11.6 Å². The highest BCUT2D eigenvalue weighted by Gasteiger charge is 2.13. The number of hydrogen-bond donors (Lipinski definition) is 0. The van der Waals surface area contributed by atoms with E-state index in [1.807, 2.05) is 43.1 Å². The summed E-state index contributed by atoms with van der Waals surface area (Å²) in [7, 11) is 1.89. The summed E-state index contributed by atoms with van der Waals surface area (Å²) in [5.41, 5.74) is 2.14. The number of rotatable bonds is 3. The molecule has 0 aliphatic carbocycles. The Bertz CT molecular complexity index is 756. The minimum atomic E-state index is 0.143. The van der Waals surface area contributed by atoms with E-state index in [1.165, 1.54) is 0 Å². The first-order valence-electron chi connectivity index (χ1n) is 6.34. The number of halogens is 1. The van der Waals surface area contributed by atoms with Crippen LogP contribution < -0.4 is 4.90 Å². The van der Waals surface area contributed by atoms with Gasteiger partial charge in [0.25, 0.3) is 0 Å². The van der Waals surface area contributed by atoms with Gasteiger partial charge in [-0.3, -0.25) is 4.57 Å². The molecule has 0 spiro atoms. The highest BCUT2D eigenvalue weighted by Crippen LogP contribution is 2.24. The number of para-hydroxylation sites is 1. The van der Waals surface area contributed by atoms with Crippen molar-refractivity contribution in [1.29, 1.82) is 0 Å². The first kappa shape index (κ1) is 13.5. The molecule has 3 rings (SSSR count). The second-order valence-electron chi connectivity index (χ2n) is 4.52. The highest BCUT2D eigenvalue weighted by molar-refractivity contribution is 6.28. The van der Waals surface area contributed by atoms with Crippen molar-refractivity contribution >= 4 is 23.2 Å². The van der Waals surface area contributed by atoms with Crippen LogP contribution in [0.25, 0.3) is 5.95 Å². The molecule has 0 atom stereocenters. The second kappa shape index (κ2) is 5.49. The van der Waals surface area contributed by atoms with E-state index in [-0.39, 0.29) is 5.28 Å². The van der Waals surface area contributed by atoms with E-state index in [9.17, 15) is 0 Å². The standard InChI is InChI=1S/C14H13ClN6/c1-10-5-3-4-6-11(10)20(2)13-17-12(15)18-14(19-13)21-8-7-16-9-21/h3-9H,1-2H3. The van der Waals surface area contributed by atoms with Gasteiger partial charge >= 0.3 is 0 Å². The van der Waals surface area contributed by atoms with Crippen LogP contribution in [0.5, 0.6) is 0 Å². The van der Waals surface area contributed by atoms with Gasteiger partial charge in [-0.1, -0.05) is 18.2 Å². The zero-order valence-electron chi connectivity index (χ0n) is 11.6. The monoisotopic (exact) mass is 300 g/mol. The first-order valence-corrected chi connectivity index (χ1v) is 6.72. The summed E-state index contributed by atoms with van der Waals surface area (Å²) in [6, 6.07) is 8.00. The van der Waals surface area contributed by atoms with Gasteiger partial charge in [0.2, 0.25) is 17.2 Å². The molecule has 0 unspecified atom stereocenters. The van der Waals surface area contributed by atoms with Crippen molar-refractivity contribution in [2.45, 2.75) is 6.92 Å². The van der Waals surface area contributed by atoms with Crippen LogP contribution in [0.3, 0.4) is 0 Å². The predicted octanol–water partition coefficient (Wildman–Crippen LogP) is 2.79. The van der Waals surface area contributed by atoms with E-state index in [2.05, 4.69) is 19.9 Å². The maximum absolute atomic E-state index is 6.02. The molecule has 3 aromatic rings. The molecule has 106 valence electrons. The number of imidazole rings is 1. The van der Waals surface area contributed by atoms with Crippen molar-refractivity contribution in [2.75, 3.05) is 11.9 Å². The fourth-order valence-corrected chi connectivity index (χ4v) is 2.17. The van der Waals surface area contributed by atoms with Crippen LogP contribution in [-0.4, -0.2) is 31.6 Å². The third kappa shape index (κ3) is 2.71. The van der Waals surface area contributed by atoms with E-state index in [4.69, 9.17) is 11.6 Å². The quantitative estimate of drug-likeness (QED) is 0.744. The Kier molecular flexibility index (Phi) is 3.53. The predicted molar refractivity (Wildman–Crippen MR) is 81.2 cm³/mol. The lowest BCUT2D eigenvalue weighted by atomic mass is 10.2. The van der Waals surface area contributed by atoms with Gasteiger partial charge in [-0.25, -0.2) is 4.98 Å². The average Bonchev–Trinajstić information content (AvgIpc) is 3.01. The Morgan fingerprint density at radius 1 is 1.14 bits per heavy atom. The summed E-state index contributed by atoms with van der Waals surface area (Å²) in [6.07, 6.45) is 5.02. The number of aromatic nitrogens is 5. The molecule has 6 nitrogen and oxygen atoms in total. The fourth-order valence-electron chi connectivity index (χ4n) is 2.02. The average molecular weight is 301 g/mol. The van der Waals surface area contributed by atoms with E-state index in [0.717, 1.165) is 11.3 Å². The fraction of sp³-hybridized carbons (Fsp3) is 0.143. The normalized spacial score (nSPS) is 10.6. The molecule has 0 fully saturated rings. The largest absolute Gasteiger partial charge is 0.313 e. The van der Waals surface area contributed by atoms with Gasteiger partial charge in [-0.2, -0.15) is 15.0 Å². The lowest BCUT2D eigenvalue weighted by molar-refractivity contribution is 0.879. The van der Waals surface area contributed by atoms with Crippen molar-refractivity contribution < 1.29 is 0 Å². The lowest BCUT2D eigenvalue weighted by Crippen LogP contribution is -2.16. The molecule has 2 heterocycles. The van der Waals surface area contributed by atoms with Crippen LogP contribution in [0, 0.1) is 6.92 Å². The molecule has 1 aromatic carbocycles. The van der Waals surface area contributed by atoms with Crippen LogP contribution in [0.15, 0.2) is 43.0 Å². The van der Waals surface area contributed by atoms with Gasteiger partial charge in [-0.05, 0) is 30.2 Å². The van der Waals surface area contributed by atoms with Crippen LogP contribution in [0.2, 0.25) is 5.28 Å². The summed E-state index contributed by atoms with van der Waals surface area (Å²) < 4.78 is 1.68. The minimum Gasteiger partial charge on any atom is -0.313 e. The van der Waals surface area contributed by atoms with Crippen LogP contribution in [-0.2, 0) is 0 Å². The first-order chi connectivity index (χ1) is 10.1. The molecule has 0 saturated carbocycles. The molecule has 0 aliphatic rings. The summed E-state index contributed by atoms with van der Waals surface area (Å²) in [5.74, 6) is 0.913. The number of anilines is 2. The lowest BCUT2D eigenvalue weighted by Gasteiger charge is -2.19. The Hall–Kier alpha value is -2.47. The van der Waals surface area contributed by atoms with E-state index in [0.29, 0.717) is 11.9 Å². The van der Waals surface area contributed by atoms with Crippen molar-refractivity contribution in [3.63, 3.8) is 0 Å². The maximum Gasteiger partial charge on any atom is 0.241 e. The molecule has 2 aromatic heterocycles. The molecule has 0 aliphatic heterocycles. The molecule has 0 bridgehead atoms. The van der Waals surface area contributed by atoms with E-state index in [1.54, 1.807) is 23.3 Å². The van der Waals surface area contributed by atoms with Crippen LogP contribution in [0.1, 0.15) is 5.56 Å². The zero-order chi connectivity index (χ0) is 14.8. The van der Waals surface area contributed by atoms with Gasteiger partial charge in [0.1, 0.15) is 6.33 Å². The SMILES string of the molecule is Cc1ccccc1N(C)c1nc(Cl)nc(-n2ccnc2)n1. The maximum atomic E-state index is 6.02. The van der Waals surface area contributed by atoms with Crippen LogP contribution in [0.4, 0.5) is 11.6 Å². The number of nitrogens with zero attached hydrogens (tertiary/aromatic N) is 6. The number of aryl methyl sites for hydroxylation is 1. The Labute approximate surface area is 127 Å². The van der Waals surface area contributed by atoms with Gasteiger partial charge in [0.05, 0.1) is 0 Å². The molecule has 0 radical (unpaired) electrons. The molecule has 0 saturated heterocycles. The van der Waals surface area contributed by atoms with Gasteiger partial charge in [-0.15, -0.1) is 0 Å². The summed E-state index contributed by atoms with van der Waals surface area (Å²) in [4.78, 5) is 18.6. The van der Waals surface area contributed by atoms with Crippen molar-refractivity contribution in [3.05, 3.63) is 53.8 Å². The highest BCUT2D eigenvalue weighted by atomic mass is 35.5. The topological polar surface area (TPSA) is 59.7 Å². The van der Waals surface area contributed by atoms with E-state index < -0.39 is 0 Å². The van der Waals surface area contributed by atoms with Crippen molar-refractivity contribution in [3.8, 4) is 5.95 Å². The van der Waals surface area contributed by atoms with Gasteiger partial charge in [0, 0.05) is 25.1 Å². The second-order valence-corrected chi connectivity index (χ2v) is 4.86. The Morgan fingerprint density at radius 3 is 2.67 bits per heavy atom. The third-order valence-electron chi connectivity index (χ3n) is 3.10. The van der Waals surface area contributed by atoms with Crippen molar-refractivity contribution in [1.82, 2.24) is 24.5 Å². The molecule has 0 amide bonds. The molecular weight excluding hydrogens is 288 g/mol. The number of benzene rings is 1. The van der Waals surface area contributed by atoms with Gasteiger partial charge in [0.15, 0.2) is 0 Å². The molecular formula is C14H13ClN6. The summed E-state index contributed by atoms with van der Waals surface area (Å²) in [5, 5.41) is 0.143. The third-order valence-corrected chi connectivity index (χ3v) is 3.27. The zero-order valence-corrected chi connectivity index (χ0v) is 12.4. The van der Waals surface area contributed by atoms with E-state index >= 15 is 0 Å². The summed E-state index contributed by atoms with van der Waals surface area (Å²) >= 11 is 6.02.